The summed E-state index contributed by atoms with van der Waals surface area (Å²) in [6.07, 6.45) is 5.45. The SMILES string of the molecule is CCC(C)C1CNC(C)CN1Cc1cn2ccccc2n1. The van der Waals surface area contributed by atoms with Gasteiger partial charge in [0.1, 0.15) is 5.65 Å². The van der Waals surface area contributed by atoms with Crippen molar-refractivity contribution in [1.29, 1.82) is 0 Å². The van der Waals surface area contributed by atoms with Crippen LogP contribution in [-0.2, 0) is 6.54 Å². The van der Waals surface area contributed by atoms with Crippen LogP contribution in [0.1, 0.15) is 32.9 Å². The largest absolute Gasteiger partial charge is 0.311 e. The Kier molecular flexibility index (Phi) is 4.27. The van der Waals surface area contributed by atoms with Crippen LogP contribution < -0.4 is 5.32 Å². The third kappa shape index (κ3) is 3.11. The fourth-order valence-electron chi connectivity index (χ4n) is 3.29. The summed E-state index contributed by atoms with van der Waals surface area (Å²) in [5.74, 6) is 0.710. The van der Waals surface area contributed by atoms with Crippen LogP contribution in [-0.4, -0.2) is 39.5 Å². The van der Waals surface area contributed by atoms with E-state index in [0.29, 0.717) is 18.0 Å². The number of aromatic nitrogens is 2. The molecule has 1 aliphatic rings. The Labute approximate surface area is 127 Å². The average molecular weight is 286 g/mol. The van der Waals surface area contributed by atoms with Gasteiger partial charge >= 0.3 is 0 Å². The lowest BCUT2D eigenvalue weighted by molar-refractivity contribution is 0.0874. The summed E-state index contributed by atoms with van der Waals surface area (Å²) in [6.45, 7) is 10.0. The van der Waals surface area contributed by atoms with Crippen molar-refractivity contribution >= 4 is 5.65 Å². The van der Waals surface area contributed by atoms with Gasteiger partial charge in [-0.05, 0) is 25.0 Å². The van der Waals surface area contributed by atoms with Crippen molar-refractivity contribution in [2.45, 2.75) is 45.8 Å². The molecule has 21 heavy (non-hydrogen) atoms. The first-order valence-corrected chi connectivity index (χ1v) is 8.07. The van der Waals surface area contributed by atoms with Gasteiger partial charge in [0, 0.05) is 44.1 Å². The van der Waals surface area contributed by atoms with Gasteiger partial charge in [0.2, 0.25) is 0 Å². The van der Waals surface area contributed by atoms with Gasteiger partial charge in [-0.1, -0.05) is 26.3 Å². The molecule has 0 amide bonds. The van der Waals surface area contributed by atoms with Gasteiger partial charge in [-0.15, -0.1) is 0 Å². The number of nitrogens with zero attached hydrogens (tertiary/aromatic N) is 3. The second-order valence-electron chi connectivity index (χ2n) is 6.39. The lowest BCUT2D eigenvalue weighted by atomic mass is 9.94. The minimum absolute atomic E-state index is 0.558. The molecule has 3 unspecified atom stereocenters. The van der Waals surface area contributed by atoms with E-state index in [1.54, 1.807) is 0 Å². The highest BCUT2D eigenvalue weighted by Gasteiger charge is 2.29. The van der Waals surface area contributed by atoms with Crippen molar-refractivity contribution in [3.63, 3.8) is 0 Å². The number of hydrogen-bond acceptors (Lipinski definition) is 3. The van der Waals surface area contributed by atoms with Gasteiger partial charge in [-0.25, -0.2) is 4.98 Å². The van der Waals surface area contributed by atoms with Gasteiger partial charge in [0.05, 0.1) is 5.69 Å². The third-order valence-corrected chi connectivity index (χ3v) is 4.73. The van der Waals surface area contributed by atoms with Crippen LogP contribution in [0.25, 0.3) is 5.65 Å². The van der Waals surface area contributed by atoms with E-state index in [2.05, 4.69) is 53.8 Å². The van der Waals surface area contributed by atoms with Crippen molar-refractivity contribution < 1.29 is 0 Å². The number of fused-ring (bicyclic) bond motifs is 1. The Balaban J connectivity index is 1.79. The van der Waals surface area contributed by atoms with E-state index in [1.807, 2.05) is 12.1 Å². The zero-order valence-corrected chi connectivity index (χ0v) is 13.3. The maximum Gasteiger partial charge on any atom is 0.137 e. The molecule has 1 saturated heterocycles. The number of nitrogens with one attached hydrogen (secondary N) is 1. The molecule has 0 bridgehead atoms. The van der Waals surface area contributed by atoms with Gasteiger partial charge in [-0.3, -0.25) is 4.90 Å². The molecule has 4 heteroatoms. The van der Waals surface area contributed by atoms with Gasteiger partial charge in [0.15, 0.2) is 0 Å². The van der Waals surface area contributed by atoms with Crippen molar-refractivity contribution in [1.82, 2.24) is 19.6 Å². The molecule has 2 aromatic heterocycles. The molecule has 114 valence electrons. The zero-order valence-electron chi connectivity index (χ0n) is 13.3. The monoisotopic (exact) mass is 286 g/mol. The first kappa shape index (κ1) is 14.5. The Bertz CT molecular complexity index is 558. The van der Waals surface area contributed by atoms with Crippen molar-refractivity contribution in [2.75, 3.05) is 13.1 Å². The van der Waals surface area contributed by atoms with Crippen LogP contribution in [0.3, 0.4) is 0 Å². The molecule has 0 radical (unpaired) electrons. The molecular weight excluding hydrogens is 260 g/mol. The van der Waals surface area contributed by atoms with E-state index in [0.717, 1.165) is 25.3 Å². The summed E-state index contributed by atoms with van der Waals surface area (Å²) in [7, 11) is 0. The van der Waals surface area contributed by atoms with E-state index in [1.165, 1.54) is 12.1 Å². The number of pyridine rings is 1. The standard InChI is InChI=1S/C17H26N4/c1-4-13(2)16-9-18-14(3)10-21(16)12-15-11-20-8-6-5-7-17(20)19-15/h5-8,11,13-14,16,18H,4,9-10,12H2,1-3H3. The lowest BCUT2D eigenvalue weighted by Gasteiger charge is -2.41. The molecule has 0 spiro atoms. The minimum atomic E-state index is 0.558. The topological polar surface area (TPSA) is 32.6 Å². The highest BCUT2D eigenvalue weighted by Crippen LogP contribution is 2.20. The quantitative estimate of drug-likeness (QED) is 0.937. The van der Waals surface area contributed by atoms with Gasteiger partial charge < -0.3 is 9.72 Å². The Morgan fingerprint density at radius 1 is 1.43 bits per heavy atom. The normalized spacial score (nSPS) is 25.3. The Morgan fingerprint density at radius 3 is 3.05 bits per heavy atom. The van der Waals surface area contributed by atoms with Gasteiger partial charge in [0.25, 0.3) is 0 Å². The first-order chi connectivity index (χ1) is 10.2. The van der Waals surface area contributed by atoms with E-state index < -0.39 is 0 Å². The van der Waals surface area contributed by atoms with E-state index in [4.69, 9.17) is 4.98 Å². The molecule has 3 heterocycles. The highest BCUT2D eigenvalue weighted by atomic mass is 15.2. The van der Waals surface area contributed by atoms with Crippen molar-refractivity contribution in [2.24, 2.45) is 5.92 Å². The van der Waals surface area contributed by atoms with E-state index in [-0.39, 0.29) is 0 Å². The average Bonchev–Trinajstić information content (AvgIpc) is 2.89. The van der Waals surface area contributed by atoms with Crippen LogP contribution >= 0.6 is 0 Å². The van der Waals surface area contributed by atoms with Crippen molar-refractivity contribution in [3.8, 4) is 0 Å². The minimum Gasteiger partial charge on any atom is -0.311 e. The summed E-state index contributed by atoms with van der Waals surface area (Å²) in [4.78, 5) is 7.36. The molecule has 2 aromatic rings. The summed E-state index contributed by atoms with van der Waals surface area (Å²) in [6, 6.07) is 7.32. The molecule has 0 aliphatic carbocycles. The molecule has 4 nitrogen and oxygen atoms in total. The number of rotatable bonds is 4. The lowest BCUT2D eigenvalue weighted by Crippen LogP contribution is -2.57. The predicted molar refractivity (Wildman–Crippen MR) is 86.3 cm³/mol. The molecule has 0 saturated carbocycles. The maximum absolute atomic E-state index is 4.75. The van der Waals surface area contributed by atoms with Crippen LogP contribution in [0, 0.1) is 5.92 Å². The first-order valence-electron chi connectivity index (χ1n) is 8.07. The zero-order chi connectivity index (χ0) is 14.8. The number of piperazine rings is 1. The number of imidazole rings is 1. The maximum atomic E-state index is 4.75. The smallest absolute Gasteiger partial charge is 0.137 e. The molecular formula is C17H26N4. The van der Waals surface area contributed by atoms with Crippen LogP contribution in [0.15, 0.2) is 30.6 Å². The van der Waals surface area contributed by atoms with Gasteiger partial charge in [-0.2, -0.15) is 0 Å². The van der Waals surface area contributed by atoms with E-state index in [9.17, 15) is 0 Å². The van der Waals surface area contributed by atoms with Crippen LogP contribution in [0.2, 0.25) is 0 Å². The summed E-state index contributed by atoms with van der Waals surface area (Å²) in [5.41, 5.74) is 2.21. The molecule has 3 rings (SSSR count). The van der Waals surface area contributed by atoms with E-state index >= 15 is 0 Å². The molecule has 0 aromatic carbocycles. The Hall–Kier alpha value is -1.39. The highest BCUT2D eigenvalue weighted by molar-refractivity contribution is 5.39. The molecule has 1 N–H and O–H groups in total. The predicted octanol–water partition coefficient (Wildman–Crippen LogP) is 2.54. The second-order valence-corrected chi connectivity index (χ2v) is 6.39. The Morgan fingerprint density at radius 2 is 2.29 bits per heavy atom. The molecule has 1 fully saturated rings. The summed E-state index contributed by atoms with van der Waals surface area (Å²) < 4.78 is 2.11. The summed E-state index contributed by atoms with van der Waals surface area (Å²) in [5, 5.41) is 3.62. The fourth-order valence-corrected chi connectivity index (χ4v) is 3.29. The fraction of sp³-hybridized carbons (Fsp3) is 0.588. The second kappa shape index (κ2) is 6.16. The third-order valence-electron chi connectivity index (χ3n) is 4.73. The van der Waals surface area contributed by atoms with Crippen molar-refractivity contribution in [3.05, 3.63) is 36.3 Å². The number of hydrogen-bond donors (Lipinski definition) is 1. The molecule has 1 aliphatic heterocycles. The van der Waals surface area contributed by atoms with Crippen LogP contribution in [0.4, 0.5) is 0 Å². The molecule has 3 atom stereocenters. The summed E-state index contributed by atoms with van der Waals surface area (Å²) >= 11 is 0. The van der Waals surface area contributed by atoms with Crippen LogP contribution in [0.5, 0.6) is 0 Å².